The fourth-order valence-electron chi connectivity index (χ4n) is 3.37. The summed E-state index contributed by atoms with van der Waals surface area (Å²) in [5.74, 6) is -0.143. The average Bonchev–Trinajstić information content (AvgIpc) is 3.15. The average molecular weight is 404 g/mol. The third-order valence-electron chi connectivity index (χ3n) is 4.90. The van der Waals surface area contributed by atoms with Gasteiger partial charge >= 0.3 is 6.18 Å². The lowest BCUT2D eigenvalue weighted by molar-refractivity contribution is -0.137. The molecule has 1 atom stereocenters. The monoisotopic (exact) mass is 404 g/mol. The van der Waals surface area contributed by atoms with Gasteiger partial charge in [-0.1, -0.05) is 48.5 Å². The Morgan fingerprint density at radius 2 is 1.97 bits per heavy atom. The van der Waals surface area contributed by atoms with E-state index in [1.165, 1.54) is 11.0 Å². The SMILES string of the molecule is CCC(=O)N(Cc1cccc(C(F)(F)F)c1)C[C@H]1CC(c2ccccc2C)=NO1. The molecule has 0 saturated carbocycles. The van der Waals surface area contributed by atoms with Gasteiger partial charge in [0.15, 0.2) is 6.10 Å². The van der Waals surface area contributed by atoms with Gasteiger partial charge in [-0.3, -0.25) is 4.79 Å². The number of hydrogen-bond acceptors (Lipinski definition) is 3. The quantitative estimate of drug-likeness (QED) is 0.684. The van der Waals surface area contributed by atoms with Gasteiger partial charge in [0.25, 0.3) is 0 Å². The summed E-state index contributed by atoms with van der Waals surface area (Å²) < 4.78 is 38.9. The molecule has 3 rings (SSSR count). The third kappa shape index (κ3) is 5.16. The molecule has 4 nitrogen and oxygen atoms in total. The predicted molar refractivity (Wildman–Crippen MR) is 104 cm³/mol. The minimum absolute atomic E-state index is 0.0934. The number of hydrogen-bond donors (Lipinski definition) is 0. The van der Waals surface area contributed by atoms with E-state index in [9.17, 15) is 18.0 Å². The fraction of sp³-hybridized carbons (Fsp3) is 0.364. The Hall–Kier alpha value is -2.83. The van der Waals surface area contributed by atoms with Crippen LogP contribution in [0.5, 0.6) is 0 Å². The molecule has 0 N–H and O–H groups in total. The number of carbonyl (C=O) groups excluding carboxylic acids is 1. The van der Waals surface area contributed by atoms with Crippen LogP contribution in [-0.4, -0.2) is 29.2 Å². The van der Waals surface area contributed by atoms with Crippen LogP contribution in [0, 0.1) is 6.92 Å². The van der Waals surface area contributed by atoms with Gasteiger partial charge in [-0.05, 0) is 30.2 Å². The van der Waals surface area contributed by atoms with Gasteiger partial charge in [0.05, 0.1) is 17.8 Å². The van der Waals surface area contributed by atoms with Crippen molar-refractivity contribution < 1.29 is 22.8 Å². The molecule has 154 valence electrons. The van der Waals surface area contributed by atoms with Crippen molar-refractivity contribution in [3.8, 4) is 0 Å². The number of halogens is 3. The maximum absolute atomic E-state index is 13.0. The Labute approximate surface area is 168 Å². The largest absolute Gasteiger partial charge is 0.416 e. The van der Waals surface area contributed by atoms with E-state index in [2.05, 4.69) is 5.16 Å². The van der Waals surface area contributed by atoms with E-state index in [0.29, 0.717) is 12.0 Å². The molecular weight excluding hydrogens is 381 g/mol. The summed E-state index contributed by atoms with van der Waals surface area (Å²) in [5, 5.41) is 4.17. The minimum Gasteiger partial charge on any atom is -0.390 e. The molecule has 0 fully saturated rings. The van der Waals surface area contributed by atoms with Crippen LogP contribution >= 0.6 is 0 Å². The van der Waals surface area contributed by atoms with Crippen molar-refractivity contribution >= 4 is 11.6 Å². The van der Waals surface area contributed by atoms with Crippen molar-refractivity contribution in [3.63, 3.8) is 0 Å². The maximum Gasteiger partial charge on any atom is 0.416 e. The van der Waals surface area contributed by atoms with Crippen molar-refractivity contribution in [1.82, 2.24) is 4.90 Å². The first-order valence-corrected chi connectivity index (χ1v) is 9.50. The smallest absolute Gasteiger partial charge is 0.390 e. The first-order valence-electron chi connectivity index (χ1n) is 9.50. The molecule has 0 bridgehead atoms. The zero-order valence-corrected chi connectivity index (χ0v) is 16.4. The standard InChI is InChI=1S/C22H23F3N2O2/c1-3-21(28)27(13-16-8-6-9-17(11-16)22(23,24)25)14-18-12-20(26-29-18)19-10-5-4-7-15(19)2/h4-11,18H,3,12-14H2,1-2H3/t18-/m1/s1. The van der Waals surface area contributed by atoms with Crippen LogP contribution in [0.15, 0.2) is 53.7 Å². The van der Waals surface area contributed by atoms with Crippen LogP contribution in [0.4, 0.5) is 13.2 Å². The molecule has 0 radical (unpaired) electrons. The molecular formula is C22H23F3N2O2. The fourth-order valence-corrected chi connectivity index (χ4v) is 3.37. The summed E-state index contributed by atoms with van der Waals surface area (Å²) in [7, 11) is 0. The van der Waals surface area contributed by atoms with Gasteiger partial charge in [-0.15, -0.1) is 0 Å². The molecule has 2 aromatic rings. The summed E-state index contributed by atoms with van der Waals surface area (Å²) in [5.41, 5.74) is 2.61. The highest BCUT2D eigenvalue weighted by Gasteiger charge is 2.31. The summed E-state index contributed by atoms with van der Waals surface area (Å²) >= 11 is 0. The number of oxime groups is 1. The second kappa shape index (κ2) is 8.68. The Morgan fingerprint density at radius 3 is 2.66 bits per heavy atom. The van der Waals surface area contributed by atoms with Crippen LogP contribution in [0.25, 0.3) is 0 Å². The van der Waals surface area contributed by atoms with Crippen molar-refractivity contribution in [2.75, 3.05) is 6.54 Å². The molecule has 0 unspecified atom stereocenters. The van der Waals surface area contributed by atoms with Gasteiger partial charge < -0.3 is 9.74 Å². The summed E-state index contributed by atoms with van der Waals surface area (Å²) in [4.78, 5) is 19.5. The van der Waals surface area contributed by atoms with Crippen molar-refractivity contribution in [3.05, 3.63) is 70.8 Å². The van der Waals surface area contributed by atoms with Crippen molar-refractivity contribution in [1.29, 1.82) is 0 Å². The van der Waals surface area contributed by atoms with E-state index >= 15 is 0 Å². The van der Waals surface area contributed by atoms with E-state index in [1.54, 1.807) is 13.0 Å². The van der Waals surface area contributed by atoms with Gasteiger partial charge in [0.2, 0.25) is 5.91 Å². The highest BCUT2D eigenvalue weighted by atomic mass is 19.4. The number of rotatable bonds is 6. The number of aryl methyl sites for hydroxylation is 1. The Bertz CT molecular complexity index is 909. The Morgan fingerprint density at radius 1 is 1.21 bits per heavy atom. The van der Waals surface area contributed by atoms with E-state index in [1.807, 2.05) is 31.2 Å². The number of nitrogens with zero attached hydrogens (tertiary/aromatic N) is 2. The van der Waals surface area contributed by atoms with Gasteiger partial charge in [-0.2, -0.15) is 13.2 Å². The lowest BCUT2D eigenvalue weighted by Crippen LogP contribution is -2.37. The van der Waals surface area contributed by atoms with Crippen LogP contribution in [0.2, 0.25) is 0 Å². The topological polar surface area (TPSA) is 41.9 Å². The Balaban J connectivity index is 1.70. The molecule has 1 aliphatic heterocycles. The zero-order valence-electron chi connectivity index (χ0n) is 16.4. The molecule has 7 heteroatoms. The summed E-state index contributed by atoms with van der Waals surface area (Å²) in [6, 6.07) is 12.9. The van der Waals surface area contributed by atoms with E-state index in [4.69, 9.17) is 4.84 Å². The maximum atomic E-state index is 13.0. The highest BCUT2D eigenvalue weighted by molar-refractivity contribution is 6.02. The lowest BCUT2D eigenvalue weighted by Gasteiger charge is -2.25. The molecule has 0 spiro atoms. The first-order chi connectivity index (χ1) is 13.8. The normalized spacial score (nSPS) is 16.3. The first kappa shape index (κ1) is 20.9. The molecule has 1 amide bonds. The van der Waals surface area contributed by atoms with Crippen LogP contribution in [-0.2, 0) is 22.4 Å². The second-order valence-corrected chi connectivity index (χ2v) is 7.11. The number of alkyl halides is 3. The number of benzene rings is 2. The summed E-state index contributed by atoms with van der Waals surface area (Å²) in [6.45, 7) is 4.08. The van der Waals surface area contributed by atoms with Crippen LogP contribution in [0.1, 0.15) is 42.0 Å². The molecule has 1 heterocycles. The Kier molecular flexibility index (Phi) is 6.25. The minimum atomic E-state index is -4.42. The third-order valence-corrected chi connectivity index (χ3v) is 4.90. The van der Waals surface area contributed by atoms with Crippen molar-refractivity contribution in [2.45, 2.75) is 45.5 Å². The van der Waals surface area contributed by atoms with E-state index in [-0.39, 0.29) is 31.5 Å². The molecule has 0 saturated heterocycles. The predicted octanol–water partition coefficient (Wildman–Crippen LogP) is 4.95. The highest BCUT2D eigenvalue weighted by Crippen LogP contribution is 2.30. The molecule has 2 aromatic carbocycles. The zero-order chi connectivity index (χ0) is 21.0. The van der Waals surface area contributed by atoms with Crippen molar-refractivity contribution in [2.24, 2.45) is 5.16 Å². The van der Waals surface area contributed by atoms with Gasteiger partial charge in [-0.25, -0.2) is 0 Å². The molecule has 29 heavy (non-hydrogen) atoms. The van der Waals surface area contributed by atoms with Crippen LogP contribution < -0.4 is 0 Å². The van der Waals surface area contributed by atoms with Gasteiger partial charge in [0, 0.05) is 24.9 Å². The van der Waals surface area contributed by atoms with E-state index in [0.717, 1.165) is 29.0 Å². The number of carbonyl (C=O) groups is 1. The lowest BCUT2D eigenvalue weighted by atomic mass is 10.00. The molecule has 0 aromatic heterocycles. The van der Waals surface area contributed by atoms with Crippen LogP contribution in [0.3, 0.4) is 0 Å². The van der Waals surface area contributed by atoms with E-state index < -0.39 is 11.7 Å². The summed E-state index contributed by atoms with van der Waals surface area (Å²) in [6.07, 6.45) is -3.94. The van der Waals surface area contributed by atoms with Gasteiger partial charge in [0.1, 0.15) is 0 Å². The number of amides is 1. The molecule has 0 aliphatic carbocycles. The molecule has 1 aliphatic rings. The second-order valence-electron chi connectivity index (χ2n) is 7.11.